The summed E-state index contributed by atoms with van der Waals surface area (Å²) in [6, 6.07) is 8.66. The summed E-state index contributed by atoms with van der Waals surface area (Å²) in [5.41, 5.74) is 2.75. The van der Waals surface area contributed by atoms with E-state index in [0.717, 1.165) is 18.4 Å². The van der Waals surface area contributed by atoms with Crippen LogP contribution in [0.5, 0.6) is 0 Å². The van der Waals surface area contributed by atoms with Crippen LogP contribution in [-0.2, 0) is 13.6 Å². The Hall–Kier alpha value is -1.28. The topological polar surface area (TPSA) is 17.0 Å². The van der Waals surface area contributed by atoms with Gasteiger partial charge in [0.15, 0.2) is 0 Å². The predicted molar refractivity (Wildman–Crippen MR) is 81.1 cm³/mol. The molecule has 2 unspecified atom stereocenters. The highest BCUT2D eigenvalue weighted by atomic mass is 14.9. The molecule has 1 N–H and O–H groups in total. The van der Waals surface area contributed by atoms with Gasteiger partial charge in [-0.1, -0.05) is 38.0 Å². The summed E-state index contributed by atoms with van der Waals surface area (Å²) >= 11 is 0. The SMILES string of the molecule is CC1CCCC1CNCc1cn(C)c2ccccc12. The van der Waals surface area contributed by atoms with E-state index in [1.165, 1.54) is 42.3 Å². The molecule has 0 amide bonds. The van der Waals surface area contributed by atoms with Crippen LogP contribution in [0.15, 0.2) is 30.5 Å². The summed E-state index contributed by atoms with van der Waals surface area (Å²) in [7, 11) is 2.13. The van der Waals surface area contributed by atoms with Crippen molar-refractivity contribution >= 4 is 10.9 Å². The summed E-state index contributed by atoms with van der Waals surface area (Å²) in [6.45, 7) is 4.56. The highest BCUT2D eigenvalue weighted by Crippen LogP contribution is 2.30. The van der Waals surface area contributed by atoms with Crippen molar-refractivity contribution in [2.75, 3.05) is 6.54 Å². The van der Waals surface area contributed by atoms with Crippen LogP contribution < -0.4 is 5.32 Å². The van der Waals surface area contributed by atoms with Crippen LogP contribution >= 0.6 is 0 Å². The second kappa shape index (κ2) is 5.38. The molecule has 3 rings (SSSR count). The fourth-order valence-electron chi connectivity index (χ4n) is 3.48. The first-order chi connectivity index (χ1) is 9.25. The minimum atomic E-state index is 0.884. The fraction of sp³-hybridized carbons (Fsp3) is 0.529. The molecule has 0 saturated heterocycles. The molecule has 0 radical (unpaired) electrons. The van der Waals surface area contributed by atoms with Gasteiger partial charge in [0, 0.05) is 30.7 Å². The minimum absolute atomic E-state index is 0.884. The molecule has 1 aliphatic carbocycles. The van der Waals surface area contributed by atoms with Crippen molar-refractivity contribution in [3.8, 4) is 0 Å². The maximum absolute atomic E-state index is 3.67. The van der Waals surface area contributed by atoms with E-state index in [9.17, 15) is 0 Å². The monoisotopic (exact) mass is 256 g/mol. The number of nitrogens with one attached hydrogen (secondary N) is 1. The lowest BCUT2D eigenvalue weighted by atomic mass is 9.98. The largest absolute Gasteiger partial charge is 0.350 e. The first kappa shape index (κ1) is 12.7. The van der Waals surface area contributed by atoms with Crippen molar-refractivity contribution in [3.05, 3.63) is 36.0 Å². The third kappa shape index (κ3) is 2.55. The molecule has 2 heteroatoms. The smallest absolute Gasteiger partial charge is 0.0481 e. The van der Waals surface area contributed by atoms with E-state index in [-0.39, 0.29) is 0 Å². The molecule has 0 spiro atoms. The van der Waals surface area contributed by atoms with E-state index < -0.39 is 0 Å². The lowest BCUT2D eigenvalue weighted by Crippen LogP contribution is -2.23. The number of rotatable bonds is 4. The molecule has 1 fully saturated rings. The van der Waals surface area contributed by atoms with Crippen molar-refractivity contribution in [2.45, 2.75) is 32.7 Å². The van der Waals surface area contributed by atoms with E-state index in [0.29, 0.717) is 0 Å². The first-order valence-electron chi connectivity index (χ1n) is 7.49. The highest BCUT2D eigenvalue weighted by molar-refractivity contribution is 5.83. The average molecular weight is 256 g/mol. The molecule has 1 saturated carbocycles. The molecule has 19 heavy (non-hydrogen) atoms. The third-order valence-electron chi connectivity index (χ3n) is 4.74. The van der Waals surface area contributed by atoms with Gasteiger partial charge in [-0.05, 0) is 36.4 Å². The lowest BCUT2D eigenvalue weighted by molar-refractivity contribution is 0.392. The van der Waals surface area contributed by atoms with Gasteiger partial charge in [0.2, 0.25) is 0 Å². The molecule has 2 nitrogen and oxygen atoms in total. The van der Waals surface area contributed by atoms with Crippen LogP contribution in [0.3, 0.4) is 0 Å². The Labute approximate surface area is 115 Å². The van der Waals surface area contributed by atoms with Crippen LogP contribution in [0.4, 0.5) is 0 Å². The zero-order valence-corrected chi connectivity index (χ0v) is 12.0. The van der Waals surface area contributed by atoms with E-state index >= 15 is 0 Å². The number of hydrogen-bond donors (Lipinski definition) is 1. The molecule has 0 bridgehead atoms. The van der Waals surface area contributed by atoms with Gasteiger partial charge in [0.25, 0.3) is 0 Å². The zero-order chi connectivity index (χ0) is 13.2. The summed E-state index contributed by atoms with van der Waals surface area (Å²) in [4.78, 5) is 0. The van der Waals surface area contributed by atoms with Gasteiger partial charge in [-0.15, -0.1) is 0 Å². The Bertz CT molecular complexity index is 555. The van der Waals surface area contributed by atoms with Gasteiger partial charge in [-0.25, -0.2) is 0 Å². The number of hydrogen-bond acceptors (Lipinski definition) is 1. The number of para-hydroxylation sites is 1. The normalized spacial score (nSPS) is 23.3. The minimum Gasteiger partial charge on any atom is -0.350 e. The molecule has 2 atom stereocenters. The summed E-state index contributed by atoms with van der Waals surface area (Å²) in [5, 5.41) is 5.05. The zero-order valence-electron chi connectivity index (χ0n) is 12.0. The Morgan fingerprint density at radius 2 is 2.11 bits per heavy atom. The van der Waals surface area contributed by atoms with Crippen LogP contribution in [0, 0.1) is 11.8 Å². The summed E-state index contributed by atoms with van der Waals surface area (Å²) in [6.07, 6.45) is 6.50. The van der Waals surface area contributed by atoms with Gasteiger partial charge in [-0.2, -0.15) is 0 Å². The van der Waals surface area contributed by atoms with Gasteiger partial charge >= 0.3 is 0 Å². The molecule has 102 valence electrons. The van der Waals surface area contributed by atoms with Gasteiger partial charge < -0.3 is 9.88 Å². The standard InChI is InChI=1S/C17H24N2/c1-13-6-5-7-14(13)10-18-11-15-12-19(2)17-9-4-3-8-16(15)17/h3-4,8-9,12-14,18H,5-7,10-11H2,1-2H3. The maximum atomic E-state index is 3.67. The summed E-state index contributed by atoms with van der Waals surface area (Å²) in [5.74, 6) is 1.79. The maximum Gasteiger partial charge on any atom is 0.0481 e. The van der Waals surface area contributed by atoms with Crippen LogP contribution in [0.25, 0.3) is 10.9 Å². The van der Waals surface area contributed by atoms with Crippen molar-refractivity contribution < 1.29 is 0 Å². The number of aryl methyl sites for hydroxylation is 1. The van der Waals surface area contributed by atoms with Gasteiger partial charge in [0.1, 0.15) is 0 Å². The van der Waals surface area contributed by atoms with Crippen molar-refractivity contribution in [2.24, 2.45) is 18.9 Å². The van der Waals surface area contributed by atoms with Crippen LogP contribution in [0.1, 0.15) is 31.7 Å². The molecular weight excluding hydrogens is 232 g/mol. The number of benzene rings is 1. The molecular formula is C17H24N2. The molecule has 0 aliphatic heterocycles. The van der Waals surface area contributed by atoms with Gasteiger partial charge in [-0.3, -0.25) is 0 Å². The number of aromatic nitrogens is 1. The van der Waals surface area contributed by atoms with E-state index in [1.54, 1.807) is 0 Å². The molecule has 1 heterocycles. The predicted octanol–water partition coefficient (Wildman–Crippen LogP) is 3.70. The van der Waals surface area contributed by atoms with Crippen LogP contribution in [-0.4, -0.2) is 11.1 Å². The molecule has 1 aliphatic rings. The Kier molecular flexibility index (Phi) is 3.61. The van der Waals surface area contributed by atoms with E-state index in [4.69, 9.17) is 0 Å². The average Bonchev–Trinajstić information content (AvgIpc) is 2.96. The summed E-state index contributed by atoms with van der Waals surface area (Å²) < 4.78 is 2.23. The molecule has 1 aromatic heterocycles. The quantitative estimate of drug-likeness (QED) is 0.882. The van der Waals surface area contributed by atoms with E-state index in [2.05, 4.69) is 54.3 Å². The lowest BCUT2D eigenvalue weighted by Gasteiger charge is -2.15. The third-order valence-corrected chi connectivity index (χ3v) is 4.74. The molecule has 2 aromatic rings. The van der Waals surface area contributed by atoms with E-state index in [1.807, 2.05) is 0 Å². The van der Waals surface area contributed by atoms with Gasteiger partial charge in [0.05, 0.1) is 0 Å². The Morgan fingerprint density at radius 3 is 2.89 bits per heavy atom. The highest BCUT2D eigenvalue weighted by Gasteiger charge is 2.22. The molecule has 1 aromatic carbocycles. The van der Waals surface area contributed by atoms with Crippen molar-refractivity contribution in [3.63, 3.8) is 0 Å². The second-order valence-corrected chi connectivity index (χ2v) is 6.08. The van der Waals surface area contributed by atoms with Crippen molar-refractivity contribution in [1.82, 2.24) is 9.88 Å². The van der Waals surface area contributed by atoms with Crippen LogP contribution in [0.2, 0.25) is 0 Å². The Morgan fingerprint density at radius 1 is 1.26 bits per heavy atom. The number of fused-ring (bicyclic) bond motifs is 1. The second-order valence-electron chi connectivity index (χ2n) is 6.08. The fourth-order valence-corrected chi connectivity index (χ4v) is 3.48. The number of nitrogens with zero attached hydrogens (tertiary/aromatic N) is 1. The van der Waals surface area contributed by atoms with Crippen molar-refractivity contribution in [1.29, 1.82) is 0 Å². The first-order valence-corrected chi connectivity index (χ1v) is 7.49. The Balaban J connectivity index is 1.65.